The van der Waals surface area contributed by atoms with Crippen molar-refractivity contribution in [1.82, 2.24) is 0 Å². The number of carbonyl (C=O) groups excluding carboxylic acids is 1. The highest BCUT2D eigenvalue weighted by molar-refractivity contribution is 5.87. The molecular formula is C21H34O2. The van der Waals surface area contributed by atoms with Gasteiger partial charge in [-0.1, -0.05) is 13.8 Å². The van der Waals surface area contributed by atoms with E-state index < -0.39 is 5.60 Å². The molecule has 4 aliphatic rings. The highest BCUT2D eigenvalue weighted by Crippen LogP contribution is 2.61. The summed E-state index contributed by atoms with van der Waals surface area (Å²) in [5.74, 6) is 4.69. The number of hydrogen-bond acceptors (Lipinski definition) is 2. The van der Waals surface area contributed by atoms with Crippen LogP contribution < -0.4 is 0 Å². The van der Waals surface area contributed by atoms with Crippen molar-refractivity contribution < 1.29 is 9.90 Å². The molecule has 0 bridgehead atoms. The van der Waals surface area contributed by atoms with E-state index in [0.29, 0.717) is 11.7 Å². The van der Waals surface area contributed by atoms with Crippen LogP contribution in [-0.4, -0.2) is 16.5 Å². The molecule has 23 heavy (non-hydrogen) atoms. The first-order valence-corrected chi connectivity index (χ1v) is 10.1. The molecule has 4 saturated carbocycles. The van der Waals surface area contributed by atoms with E-state index in [-0.39, 0.29) is 11.3 Å². The molecule has 4 rings (SSSR count). The van der Waals surface area contributed by atoms with Crippen LogP contribution in [0.25, 0.3) is 0 Å². The largest absolute Gasteiger partial charge is 0.390 e. The second-order valence-corrected chi connectivity index (χ2v) is 9.97. The summed E-state index contributed by atoms with van der Waals surface area (Å²) in [5, 5.41) is 10.5. The zero-order chi connectivity index (χ0) is 16.4. The average Bonchev–Trinajstić information content (AvgIpc) is 2.50. The third-order valence-electron chi connectivity index (χ3n) is 8.55. The van der Waals surface area contributed by atoms with Gasteiger partial charge in [-0.05, 0) is 94.3 Å². The van der Waals surface area contributed by atoms with Crippen molar-refractivity contribution in [2.75, 3.05) is 0 Å². The second kappa shape index (κ2) is 5.31. The lowest BCUT2D eigenvalue weighted by Crippen LogP contribution is -2.55. The molecule has 0 spiro atoms. The quantitative estimate of drug-likeness (QED) is 0.709. The summed E-state index contributed by atoms with van der Waals surface area (Å²) >= 11 is 0. The predicted octanol–water partition coefficient (Wildman–Crippen LogP) is 4.60. The summed E-state index contributed by atoms with van der Waals surface area (Å²) in [5.41, 5.74) is -0.445. The molecule has 0 aliphatic heterocycles. The van der Waals surface area contributed by atoms with Gasteiger partial charge in [0.1, 0.15) is 5.78 Å². The number of rotatable bonds is 0. The first kappa shape index (κ1) is 16.1. The lowest BCUT2D eigenvalue weighted by molar-refractivity contribution is -0.154. The van der Waals surface area contributed by atoms with E-state index in [2.05, 4.69) is 13.8 Å². The molecule has 2 heteroatoms. The van der Waals surface area contributed by atoms with Crippen molar-refractivity contribution in [2.45, 2.75) is 84.2 Å². The molecule has 130 valence electrons. The van der Waals surface area contributed by atoms with E-state index in [4.69, 9.17) is 0 Å². The van der Waals surface area contributed by atoms with Gasteiger partial charge in [0, 0.05) is 11.3 Å². The number of hydrogen-bond donors (Lipinski definition) is 1. The number of ketones is 1. The van der Waals surface area contributed by atoms with Gasteiger partial charge in [-0.3, -0.25) is 4.79 Å². The van der Waals surface area contributed by atoms with Crippen molar-refractivity contribution >= 4 is 5.78 Å². The van der Waals surface area contributed by atoms with E-state index in [0.717, 1.165) is 49.4 Å². The first-order valence-electron chi connectivity index (χ1n) is 10.1. The van der Waals surface area contributed by atoms with Gasteiger partial charge in [0.05, 0.1) is 5.60 Å². The van der Waals surface area contributed by atoms with Crippen LogP contribution in [0, 0.1) is 40.9 Å². The van der Waals surface area contributed by atoms with Crippen LogP contribution in [0.2, 0.25) is 0 Å². The summed E-state index contributed by atoms with van der Waals surface area (Å²) in [7, 11) is 0. The van der Waals surface area contributed by atoms with Gasteiger partial charge in [-0.15, -0.1) is 0 Å². The zero-order valence-electron chi connectivity index (χ0n) is 15.2. The molecular weight excluding hydrogens is 284 g/mol. The van der Waals surface area contributed by atoms with Crippen molar-refractivity contribution in [1.29, 1.82) is 0 Å². The minimum absolute atomic E-state index is 0.0220. The zero-order valence-corrected chi connectivity index (χ0v) is 15.2. The van der Waals surface area contributed by atoms with Gasteiger partial charge >= 0.3 is 0 Å². The molecule has 0 radical (unpaired) electrons. The summed E-state index contributed by atoms with van der Waals surface area (Å²) in [6.07, 6.45) is 10.6. The van der Waals surface area contributed by atoms with Gasteiger partial charge in [0.25, 0.3) is 0 Å². The van der Waals surface area contributed by atoms with Gasteiger partial charge < -0.3 is 5.11 Å². The van der Waals surface area contributed by atoms with Crippen molar-refractivity contribution in [3.63, 3.8) is 0 Å². The highest BCUT2D eigenvalue weighted by Gasteiger charge is 2.57. The van der Waals surface area contributed by atoms with Crippen LogP contribution in [-0.2, 0) is 4.79 Å². The monoisotopic (exact) mass is 318 g/mol. The van der Waals surface area contributed by atoms with Crippen LogP contribution in [0.15, 0.2) is 0 Å². The molecule has 0 amide bonds. The molecule has 4 aliphatic carbocycles. The minimum Gasteiger partial charge on any atom is -0.390 e. The summed E-state index contributed by atoms with van der Waals surface area (Å²) in [6, 6.07) is 0. The van der Waals surface area contributed by atoms with Crippen LogP contribution >= 0.6 is 0 Å². The van der Waals surface area contributed by atoms with Gasteiger partial charge in [-0.2, -0.15) is 0 Å². The van der Waals surface area contributed by atoms with E-state index >= 15 is 0 Å². The van der Waals surface area contributed by atoms with Gasteiger partial charge in [-0.25, -0.2) is 0 Å². The molecule has 1 N–H and O–H groups in total. The SMILES string of the molecule is C[C@@H]1CC[C@H]2[C@@H]3CC[C@@H]4C[C@](C)(O)CC[C@@H]4[C@H]3CC[C@]2(C)C1=O. The Morgan fingerprint density at radius 2 is 1.65 bits per heavy atom. The minimum atomic E-state index is -0.423. The molecule has 0 unspecified atom stereocenters. The standard InChI is InChI=1S/C21H34O2/c1-13-4-7-18-17-6-5-14-12-20(2,23)10-8-15(14)16(17)9-11-21(18,3)19(13)22/h13-18,23H,4-12H2,1-3H3/t13-,14-,15+,16-,17-,18+,20-,21+/m1/s1. The third kappa shape index (κ3) is 2.42. The fourth-order valence-corrected chi connectivity index (χ4v) is 7.36. The fourth-order valence-electron chi connectivity index (χ4n) is 7.36. The van der Waals surface area contributed by atoms with Gasteiger partial charge in [0.2, 0.25) is 0 Å². The van der Waals surface area contributed by atoms with E-state index in [9.17, 15) is 9.90 Å². The average molecular weight is 319 g/mol. The van der Waals surface area contributed by atoms with Crippen molar-refractivity contribution in [3.8, 4) is 0 Å². The Labute approximate surface area is 141 Å². The maximum atomic E-state index is 12.9. The Morgan fingerprint density at radius 1 is 0.913 bits per heavy atom. The van der Waals surface area contributed by atoms with Crippen LogP contribution in [0.3, 0.4) is 0 Å². The van der Waals surface area contributed by atoms with Crippen LogP contribution in [0.1, 0.15) is 78.6 Å². The summed E-state index contributed by atoms with van der Waals surface area (Å²) in [4.78, 5) is 12.9. The van der Waals surface area contributed by atoms with Crippen molar-refractivity contribution in [2.24, 2.45) is 40.9 Å². The molecule has 0 aromatic heterocycles. The molecule has 0 saturated heterocycles. The molecule has 0 heterocycles. The number of Topliss-reactive ketones (excluding diaryl/α,β-unsaturated/α-hetero) is 1. The van der Waals surface area contributed by atoms with E-state index in [1.54, 1.807) is 0 Å². The van der Waals surface area contributed by atoms with Crippen LogP contribution in [0.5, 0.6) is 0 Å². The number of aliphatic hydroxyl groups is 1. The number of fused-ring (bicyclic) bond motifs is 5. The molecule has 0 aromatic carbocycles. The Bertz CT molecular complexity index is 496. The Balaban J connectivity index is 1.57. The number of carbonyl (C=O) groups is 1. The first-order chi connectivity index (χ1) is 10.8. The normalized spacial score (nSPS) is 56.4. The Morgan fingerprint density at radius 3 is 2.43 bits per heavy atom. The van der Waals surface area contributed by atoms with E-state index in [1.165, 1.54) is 32.1 Å². The Hall–Kier alpha value is -0.370. The van der Waals surface area contributed by atoms with Gasteiger partial charge in [0.15, 0.2) is 0 Å². The molecule has 4 fully saturated rings. The third-order valence-corrected chi connectivity index (χ3v) is 8.55. The predicted molar refractivity (Wildman–Crippen MR) is 91.9 cm³/mol. The van der Waals surface area contributed by atoms with Crippen LogP contribution in [0.4, 0.5) is 0 Å². The topological polar surface area (TPSA) is 37.3 Å². The molecule has 8 atom stereocenters. The molecule has 0 aromatic rings. The smallest absolute Gasteiger partial charge is 0.141 e. The lowest BCUT2D eigenvalue weighted by atomic mass is 9.46. The fraction of sp³-hybridized carbons (Fsp3) is 0.952. The summed E-state index contributed by atoms with van der Waals surface area (Å²) in [6.45, 7) is 6.48. The highest BCUT2D eigenvalue weighted by atomic mass is 16.3. The second-order valence-electron chi connectivity index (χ2n) is 9.97. The lowest BCUT2D eigenvalue weighted by Gasteiger charge is -2.58. The van der Waals surface area contributed by atoms with Crippen molar-refractivity contribution in [3.05, 3.63) is 0 Å². The Kier molecular flexibility index (Phi) is 3.72. The molecule has 2 nitrogen and oxygen atoms in total. The maximum Gasteiger partial charge on any atom is 0.141 e. The maximum absolute atomic E-state index is 12.9. The van der Waals surface area contributed by atoms with E-state index in [1.807, 2.05) is 6.92 Å². The summed E-state index contributed by atoms with van der Waals surface area (Å²) < 4.78 is 0.